The number of piperidine rings is 1. The number of benzene rings is 1. The van der Waals surface area contributed by atoms with Gasteiger partial charge in [-0.15, -0.1) is 0 Å². The molecule has 1 aromatic carbocycles. The number of carbonyl (C=O) groups excluding carboxylic acids is 2. The van der Waals surface area contributed by atoms with E-state index in [2.05, 4.69) is 41.0 Å². The van der Waals surface area contributed by atoms with Gasteiger partial charge in [0, 0.05) is 45.0 Å². The highest BCUT2D eigenvalue weighted by molar-refractivity contribution is 6.04. The third-order valence-electron chi connectivity index (χ3n) is 6.21. The predicted octanol–water partition coefficient (Wildman–Crippen LogP) is 2.32. The maximum atomic E-state index is 12.5. The number of imide groups is 1. The van der Waals surface area contributed by atoms with Crippen LogP contribution in [0.3, 0.4) is 0 Å². The number of carbonyl (C=O) groups is 2. The maximum absolute atomic E-state index is 12.5. The number of rotatable bonds is 5. The Morgan fingerprint density at radius 3 is 2.48 bits per heavy atom. The fourth-order valence-corrected chi connectivity index (χ4v) is 4.64. The first-order chi connectivity index (χ1) is 13.1. The SMILES string of the molecule is Cc1ccccc1N1CCN(CCCN2C(=O)[C@@H]3CCCCN3C2=O)CC1. The van der Waals surface area contributed by atoms with E-state index in [-0.39, 0.29) is 18.0 Å². The molecule has 0 aromatic heterocycles. The van der Waals surface area contributed by atoms with Crippen molar-refractivity contribution in [2.75, 3.05) is 50.7 Å². The lowest BCUT2D eigenvalue weighted by Gasteiger charge is -2.37. The molecule has 0 N–H and O–H groups in total. The van der Waals surface area contributed by atoms with Gasteiger partial charge in [-0.25, -0.2) is 4.79 Å². The van der Waals surface area contributed by atoms with Crippen molar-refractivity contribution in [1.29, 1.82) is 0 Å². The van der Waals surface area contributed by atoms with Crippen LogP contribution in [0.2, 0.25) is 0 Å². The van der Waals surface area contributed by atoms with Gasteiger partial charge in [0.05, 0.1) is 0 Å². The monoisotopic (exact) mass is 370 g/mol. The number of hydrogen-bond acceptors (Lipinski definition) is 4. The minimum Gasteiger partial charge on any atom is -0.369 e. The summed E-state index contributed by atoms with van der Waals surface area (Å²) < 4.78 is 0. The summed E-state index contributed by atoms with van der Waals surface area (Å²) in [7, 11) is 0. The summed E-state index contributed by atoms with van der Waals surface area (Å²) in [5.74, 6) is 0.0315. The number of aryl methyl sites for hydroxylation is 1. The van der Waals surface area contributed by atoms with E-state index in [1.165, 1.54) is 16.2 Å². The van der Waals surface area contributed by atoms with Crippen LogP contribution in [0.1, 0.15) is 31.2 Å². The largest absolute Gasteiger partial charge is 0.369 e. The third-order valence-corrected chi connectivity index (χ3v) is 6.21. The van der Waals surface area contributed by atoms with Crippen LogP contribution in [0.15, 0.2) is 24.3 Å². The molecule has 6 heteroatoms. The van der Waals surface area contributed by atoms with Crippen LogP contribution in [0, 0.1) is 6.92 Å². The predicted molar refractivity (Wildman–Crippen MR) is 106 cm³/mol. The zero-order chi connectivity index (χ0) is 18.8. The fourth-order valence-electron chi connectivity index (χ4n) is 4.64. The standard InChI is InChI=1S/C21H30N4O2/c1-17-7-2-3-8-18(17)23-15-13-22(14-16-23)10-6-12-25-20(26)19-9-4-5-11-24(19)21(25)27/h2-3,7-8,19H,4-6,9-16H2,1H3/t19-/m0/s1. The summed E-state index contributed by atoms with van der Waals surface area (Å²) in [5.41, 5.74) is 2.66. The lowest BCUT2D eigenvalue weighted by Crippen LogP contribution is -2.47. The second kappa shape index (κ2) is 7.89. The van der Waals surface area contributed by atoms with E-state index in [0.29, 0.717) is 6.54 Å². The van der Waals surface area contributed by atoms with E-state index in [1.807, 2.05) is 0 Å². The van der Waals surface area contributed by atoms with Crippen molar-refractivity contribution < 1.29 is 9.59 Å². The highest BCUT2D eigenvalue weighted by Crippen LogP contribution is 2.26. The second-order valence-electron chi connectivity index (χ2n) is 7.95. The summed E-state index contributed by atoms with van der Waals surface area (Å²) in [6.07, 6.45) is 3.78. The van der Waals surface area contributed by atoms with E-state index < -0.39 is 0 Å². The van der Waals surface area contributed by atoms with E-state index in [9.17, 15) is 9.59 Å². The molecule has 0 aliphatic carbocycles. The number of anilines is 1. The molecular formula is C21H30N4O2. The molecule has 0 saturated carbocycles. The molecule has 3 aliphatic rings. The number of para-hydroxylation sites is 1. The molecule has 1 atom stereocenters. The van der Waals surface area contributed by atoms with Crippen molar-refractivity contribution in [1.82, 2.24) is 14.7 Å². The molecule has 27 heavy (non-hydrogen) atoms. The van der Waals surface area contributed by atoms with Crippen molar-refractivity contribution in [2.45, 2.75) is 38.6 Å². The first-order valence-corrected chi connectivity index (χ1v) is 10.3. The zero-order valence-electron chi connectivity index (χ0n) is 16.3. The van der Waals surface area contributed by atoms with E-state index in [4.69, 9.17) is 0 Å². The third kappa shape index (κ3) is 3.68. The summed E-state index contributed by atoms with van der Waals surface area (Å²) in [4.78, 5) is 33.2. The Morgan fingerprint density at radius 2 is 1.74 bits per heavy atom. The normalized spacial score (nSPS) is 23.9. The molecule has 0 unspecified atom stereocenters. The summed E-state index contributed by atoms with van der Waals surface area (Å²) in [6, 6.07) is 8.32. The molecule has 3 heterocycles. The maximum Gasteiger partial charge on any atom is 0.327 e. The molecule has 3 fully saturated rings. The topological polar surface area (TPSA) is 47.1 Å². The molecule has 0 bridgehead atoms. The highest BCUT2D eigenvalue weighted by Gasteiger charge is 2.45. The van der Waals surface area contributed by atoms with Crippen molar-refractivity contribution in [3.05, 3.63) is 29.8 Å². The number of urea groups is 1. The van der Waals surface area contributed by atoms with Crippen molar-refractivity contribution in [3.8, 4) is 0 Å². The summed E-state index contributed by atoms with van der Waals surface area (Å²) >= 11 is 0. The zero-order valence-corrected chi connectivity index (χ0v) is 16.3. The van der Waals surface area contributed by atoms with Crippen LogP contribution in [0.25, 0.3) is 0 Å². The molecule has 0 spiro atoms. The Bertz CT molecular complexity index is 675. The lowest BCUT2D eigenvalue weighted by molar-refractivity contribution is -0.128. The van der Waals surface area contributed by atoms with Gasteiger partial charge in [-0.2, -0.15) is 0 Å². The van der Waals surface area contributed by atoms with Gasteiger partial charge < -0.3 is 9.80 Å². The molecule has 6 nitrogen and oxygen atoms in total. The van der Waals surface area contributed by atoms with Gasteiger partial charge >= 0.3 is 6.03 Å². The molecule has 3 aliphatic heterocycles. The first-order valence-electron chi connectivity index (χ1n) is 10.3. The fraction of sp³-hybridized carbons (Fsp3) is 0.619. The van der Waals surface area contributed by atoms with Crippen LogP contribution in [-0.4, -0.2) is 78.5 Å². The van der Waals surface area contributed by atoms with Crippen LogP contribution in [0.5, 0.6) is 0 Å². The highest BCUT2D eigenvalue weighted by atomic mass is 16.2. The Hall–Kier alpha value is -2.08. The minimum atomic E-state index is -0.177. The molecule has 4 rings (SSSR count). The molecule has 3 saturated heterocycles. The van der Waals surface area contributed by atoms with Gasteiger partial charge in [-0.1, -0.05) is 18.2 Å². The van der Waals surface area contributed by atoms with Gasteiger partial charge in [0.1, 0.15) is 6.04 Å². The Balaban J connectivity index is 1.23. The Labute approximate surface area is 161 Å². The van der Waals surface area contributed by atoms with E-state index >= 15 is 0 Å². The molecule has 3 amide bonds. The smallest absolute Gasteiger partial charge is 0.327 e. The summed E-state index contributed by atoms with van der Waals surface area (Å²) in [5, 5.41) is 0. The average Bonchev–Trinajstić information content (AvgIpc) is 2.94. The van der Waals surface area contributed by atoms with Gasteiger partial charge in [0.2, 0.25) is 0 Å². The average molecular weight is 370 g/mol. The first kappa shape index (κ1) is 18.3. The Morgan fingerprint density at radius 1 is 0.963 bits per heavy atom. The number of nitrogens with zero attached hydrogens (tertiary/aromatic N) is 4. The van der Waals surface area contributed by atoms with Crippen LogP contribution < -0.4 is 4.90 Å². The van der Waals surface area contributed by atoms with Gasteiger partial charge in [-0.3, -0.25) is 14.6 Å². The molecule has 1 aromatic rings. The molecular weight excluding hydrogens is 340 g/mol. The number of fused-ring (bicyclic) bond motifs is 1. The van der Waals surface area contributed by atoms with Gasteiger partial charge in [0.15, 0.2) is 0 Å². The second-order valence-corrected chi connectivity index (χ2v) is 7.95. The number of piperazine rings is 1. The van der Waals surface area contributed by atoms with Crippen molar-refractivity contribution in [3.63, 3.8) is 0 Å². The van der Waals surface area contributed by atoms with E-state index in [0.717, 1.165) is 65.0 Å². The quantitative estimate of drug-likeness (QED) is 0.747. The summed E-state index contributed by atoms with van der Waals surface area (Å²) in [6.45, 7) is 8.54. The van der Waals surface area contributed by atoms with Crippen LogP contribution in [-0.2, 0) is 4.79 Å². The van der Waals surface area contributed by atoms with Gasteiger partial charge in [0.25, 0.3) is 5.91 Å². The van der Waals surface area contributed by atoms with Crippen LogP contribution in [0.4, 0.5) is 10.5 Å². The minimum absolute atomic E-state index is 0.0315. The van der Waals surface area contributed by atoms with Gasteiger partial charge in [-0.05, 0) is 50.8 Å². The van der Waals surface area contributed by atoms with Crippen molar-refractivity contribution in [2.24, 2.45) is 0 Å². The Kier molecular flexibility index (Phi) is 5.34. The number of amides is 3. The van der Waals surface area contributed by atoms with E-state index in [1.54, 1.807) is 4.90 Å². The van der Waals surface area contributed by atoms with Crippen LogP contribution >= 0.6 is 0 Å². The number of hydrogen-bond donors (Lipinski definition) is 0. The molecule has 0 radical (unpaired) electrons. The molecule has 146 valence electrons. The van der Waals surface area contributed by atoms with Crippen molar-refractivity contribution >= 4 is 17.6 Å². The lowest BCUT2D eigenvalue weighted by atomic mass is 10.0.